The zero-order valence-electron chi connectivity index (χ0n) is 9.67. The van der Waals surface area contributed by atoms with Crippen molar-refractivity contribution in [2.75, 3.05) is 0 Å². The van der Waals surface area contributed by atoms with E-state index >= 15 is 0 Å². The summed E-state index contributed by atoms with van der Waals surface area (Å²) in [6.07, 6.45) is 0. The van der Waals surface area contributed by atoms with E-state index in [1.807, 2.05) is 26.0 Å². The van der Waals surface area contributed by atoms with Gasteiger partial charge in [0.2, 0.25) is 0 Å². The van der Waals surface area contributed by atoms with E-state index in [4.69, 9.17) is 27.9 Å². The Morgan fingerprint density at radius 2 is 1.67 bits per heavy atom. The first-order valence-electron chi connectivity index (χ1n) is 5.10. The van der Waals surface area contributed by atoms with Crippen LogP contribution < -0.4 is 4.74 Å². The highest BCUT2D eigenvalue weighted by Crippen LogP contribution is 2.32. The number of aryl methyl sites for hydroxylation is 2. The van der Waals surface area contributed by atoms with Gasteiger partial charge in [-0.05, 0) is 37.1 Å². The van der Waals surface area contributed by atoms with Crippen molar-refractivity contribution < 1.29 is 4.74 Å². The van der Waals surface area contributed by atoms with Gasteiger partial charge in [0.25, 0.3) is 0 Å². The zero-order chi connectivity index (χ0) is 13.3. The second-order valence-corrected chi connectivity index (χ2v) is 5.33. The zero-order valence-corrected chi connectivity index (χ0v) is 12.8. The van der Waals surface area contributed by atoms with Crippen LogP contribution in [-0.4, -0.2) is 10.2 Å². The van der Waals surface area contributed by atoms with Gasteiger partial charge in [0.05, 0.1) is 0 Å². The summed E-state index contributed by atoms with van der Waals surface area (Å²) >= 11 is 15.1. The fourth-order valence-electron chi connectivity index (χ4n) is 1.50. The lowest BCUT2D eigenvalue weighted by Gasteiger charge is -2.10. The highest BCUT2D eigenvalue weighted by Gasteiger charge is 2.09. The number of aromatic nitrogens is 2. The van der Waals surface area contributed by atoms with Crippen LogP contribution in [-0.2, 0) is 0 Å². The summed E-state index contributed by atoms with van der Waals surface area (Å²) in [6, 6.07) is 5.34. The summed E-state index contributed by atoms with van der Waals surface area (Å²) in [7, 11) is 0. The molecule has 18 heavy (non-hydrogen) atoms. The van der Waals surface area contributed by atoms with E-state index in [0.29, 0.717) is 11.5 Å². The first kappa shape index (κ1) is 13.6. The lowest BCUT2D eigenvalue weighted by Crippen LogP contribution is -1.92. The number of hydrogen-bond donors (Lipinski definition) is 0. The first-order valence-corrected chi connectivity index (χ1v) is 6.65. The number of hydrogen-bond acceptors (Lipinski definition) is 3. The minimum absolute atomic E-state index is 0.178. The van der Waals surface area contributed by atoms with Crippen molar-refractivity contribution in [2.24, 2.45) is 0 Å². The fourth-order valence-corrected chi connectivity index (χ4v) is 2.00. The quantitative estimate of drug-likeness (QED) is 0.770. The number of rotatable bonds is 2. The molecule has 1 aromatic carbocycles. The molecule has 3 nitrogen and oxygen atoms in total. The Kier molecular flexibility index (Phi) is 4.10. The van der Waals surface area contributed by atoms with Crippen LogP contribution in [0.5, 0.6) is 11.5 Å². The molecule has 0 aliphatic heterocycles. The molecule has 1 heterocycles. The van der Waals surface area contributed by atoms with Crippen LogP contribution in [0.1, 0.15) is 11.1 Å². The van der Waals surface area contributed by atoms with Gasteiger partial charge in [-0.15, -0.1) is 10.2 Å². The third-order valence-electron chi connectivity index (χ3n) is 2.32. The first-order chi connectivity index (χ1) is 8.47. The Morgan fingerprint density at radius 3 is 2.28 bits per heavy atom. The van der Waals surface area contributed by atoms with E-state index in [0.717, 1.165) is 15.6 Å². The maximum absolute atomic E-state index is 5.89. The van der Waals surface area contributed by atoms with Gasteiger partial charge in [0.15, 0.2) is 16.1 Å². The molecule has 0 saturated heterocycles. The molecule has 2 aromatic rings. The van der Waals surface area contributed by atoms with Crippen molar-refractivity contribution in [3.63, 3.8) is 0 Å². The largest absolute Gasteiger partial charge is 0.454 e. The number of ether oxygens (including phenoxy) is 1. The number of halogens is 3. The van der Waals surface area contributed by atoms with E-state index < -0.39 is 0 Å². The van der Waals surface area contributed by atoms with Gasteiger partial charge in [0.1, 0.15) is 5.75 Å². The summed E-state index contributed by atoms with van der Waals surface area (Å²) in [5, 5.41) is 7.73. The normalized spacial score (nSPS) is 10.5. The maximum atomic E-state index is 5.89. The van der Waals surface area contributed by atoms with Crippen molar-refractivity contribution in [3.8, 4) is 11.5 Å². The molecule has 0 amide bonds. The summed E-state index contributed by atoms with van der Waals surface area (Å²) < 4.78 is 6.73. The van der Waals surface area contributed by atoms with Gasteiger partial charge in [-0.25, -0.2) is 0 Å². The Hall–Kier alpha value is -0.840. The highest BCUT2D eigenvalue weighted by molar-refractivity contribution is 9.10. The molecule has 0 aliphatic rings. The van der Waals surface area contributed by atoms with E-state index in [-0.39, 0.29) is 10.3 Å². The summed E-state index contributed by atoms with van der Waals surface area (Å²) in [6.45, 7) is 3.98. The molecule has 2 rings (SSSR count). The van der Waals surface area contributed by atoms with Crippen LogP contribution in [0.3, 0.4) is 0 Å². The molecule has 94 valence electrons. The van der Waals surface area contributed by atoms with Gasteiger partial charge in [-0.1, -0.05) is 39.1 Å². The minimum Gasteiger partial charge on any atom is -0.454 e. The van der Waals surface area contributed by atoms with Crippen LogP contribution in [0.4, 0.5) is 0 Å². The van der Waals surface area contributed by atoms with Crippen LogP contribution in [0.2, 0.25) is 10.3 Å². The summed E-state index contributed by atoms with van der Waals surface area (Å²) in [5.74, 6) is 1.07. The summed E-state index contributed by atoms with van der Waals surface area (Å²) in [4.78, 5) is 0. The molecular formula is C12H9BrCl2N2O. The van der Waals surface area contributed by atoms with Gasteiger partial charge in [-0.3, -0.25) is 0 Å². The average molecular weight is 348 g/mol. The Labute approximate surface area is 123 Å². The minimum atomic E-state index is 0.178. The maximum Gasteiger partial charge on any atom is 0.194 e. The van der Waals surface area contributed by atoms with E-state index in [9.17, 15) is 0 Å². The third-order valence-corrected chi connectivity index (χ3v) is 4.02. The fraction of sp³-hybridized carbons (Fsp3) is 0.167. The van der Waals surface area contributed by atoms with Gasteiger partial charge in [-0.2, -0.15) is 0 Å². The molecule has 0 radical (unpaired) electrons. The molecule has 0 atom stereocenters. The van der Waals surface area contributed by atoms with Gasteiger partial charge < -0.3 is 4.74 Å². The molecule has 6 heteroatoms. The van der Waals surface area contributed by atoms with E-state index in [1.54, 1.807) is 0 Å². The average Bonchev–Trinajstić information content (AvgIpc) is 2.31. The molecule has 0 aliphatic carbocycles. The van der Waals surface area contributed by atoms with Gasteiger partial charge in [0, 0.05) is 10.5 Å². The summed E-state index contributed by atoms with van der Waals surface area (Å²) in [5.41, 5.74) is 2.16. The topological polar surface area (TPSA) is 35.0 Å². The Balaban J connectivity index is 2.37. The Bertz CT molecular complexity index is 582. The molecule has 0 N–H and O–H groups in total. The lowest BCUT2D eigenvalue weighted by molar-refractivity contribution is 0.478. The second-order valence-electron chi connectivity index (χ2n) is 3.80. The molecular weight excluding hydrogens is 339 g/mol. The van der Waals surface area contributed by atoms with Crippen molar-refractivity contribution in [1.29, 1.82) is 0 Å². The molecule has 0 saturated carbocycles. The standard InChI is InChI=1S/C12H9BrCl2N2O/c1-6-3-8(4-7(2)11(6)13)18-9-5-10(14)16-17-12(9)15/h3-5H,1-2H3. The van der Waals surface area contributed by atoms with Gasteiger partial charge >= 0.3 is 0 Å². The molecule has 0 unspecified atom stereocenters. The SMILES string of the molecule is Cc1cc(Oc2cc(Cl)nnc2Cl)cc(C)c1Br. The van der Waals surface area contributed by atoms with Crippen LogP contribution in [0, 0.1) is 13.8 Å². The predicted molar refractivity (Wildman–Crippen MR) is 75.7 cm³/mol. The van der Waals surface area contributed by atoms with Crippen LogP contribution in [0.15, 0.2) is 22.7 Å². The molecule has 0 bridgehead atoms. The van der Waals surface area contributed by atoms with E-state index in [1.165, 1.54) is 6.07 Å². The second kappa shape index (κ2) is 5.43. The van der Waals surface area contributed by atoms with Crippen LogP contribution >= 0.6 is 39.1 Å². The predicted octanol–water partition coefficient (Wildman–Crippen LogP) is 4.96. The van der Waals surface area contributed by atoms with Crippen molar-refractivity contribution in [3.05, 3.63) is 44.1 Å². The van der Waals surface area contributed by atoms with Crippen molar-refractivity contribution >= 4 is 39.1 Å². The highest BCUT2D eigenvalue weighted by atomic mass is 79.9. The van der Waals surface area contributed by atoms with Crippen LogP contribution in [0.25, 0.3) is 0 Å². The van der Waals surface area contributed by atoms with Crippen molar-refractivity contribution in [1.82, 2.24) is 10.2 Å². The third kappa shape index (κ3) is 2.94. The molecule has 1 aromatic heterocycles. The lowest BCUT2D eigenvalue weighted by atomic mass is 10.1. The molecule has 0 spiro atoms. The monoisotopic (exact) mass is 346 g/mol. The Morgan fingerprint density at radius 1 is 1.06 bits per heavy atom. The number of nitrogens with zero attached hydrogens (tertiary/aromatic N) is 2. The van der Waals surface area contributed by atoms with E-state index in [2.05, 4.69) is 26.1 Å². The smallest absolute Gasteiger partial charge is 0.194 e. The molecule has 0 fully saturated rings. The van der Waals surface area contributed by atoms with Crippen molar-refractivity contribution in [2.45, 2.75) is 13.8 Å². The number of benzene rings is 1.